The van der Waals surface area contributed by atoms with Gasteiger partial charge in [-0.05, 0) is 63.0 Å². The van der Waals surface area contributed by atoms with Crippen molar-refractivity contribution < 1.29 is 9.59 Å². The molecule has 2 unspecified atom stereocenters. The highest BCUT2D eigenvalue weighted by Crippen LogP contribution is 2.33. The number of carbonyl (C=O) groups is 2. The minimum absolute atomic E-state index is 0.00815. The van der Waals surface area contributed by atoms with Crippen molar-refractivity contribution in [2.45, 2.75) is 47.9 Å². The van der Waals surface area contributed by atoms with Crippen LogP contribution < -0.4 is 5.32 Å². The van der Waals surface area contributed by atoms with E-state index in [1.807, 2.05) is 24.3 Å². The quantitative estimate of drug-likeness (QED) is 0.774. The fourth-order valence-corrected chi connectivity index (χ4v) is 5.89. The lowest BCUT2D eigenvalue weighted by Gasteiger charge is -2.49. The van der Waals surface area contributed by atoms with Crippen molar-refractivity contribution in [3.05, 3.63) is 41.0 Å². The number of nitrogens with zero attached hydrogens (tertiary/aromatic N) is 2. The summed E-state index contributed by atoms with van der Waals surface area (Å²) in [7, 11) is 0. The molecule has 1 aromatic heterocycles. The van der Waals surface area contributed by atoms with Crippen molar-refractivity contribution in [1.29, 1.82) is 0 Å². The number of benzene rings is 1. The SMILES string of the molecule is CC(=O)c1ncc(Sc2ccc(C(=O)NC3C4CCN(CC4)C3C)cc2)s1. The molecular formula is C20H23N3O2S2. The summed E-state index contributed by atoms with van der Waals surface area (Å²) in [4.78, 5) is 31.7. The van der Waals surface area contributed by atoms with Crippen LogP contribution in [-0.2, 0) is 0 Å². The van der Waals surface area contributed by atoms with Crippen LogP contribution in [0.4, 0.5) is 0 Å². The lowest BCUT2D eigenvalue weighted by molar-refractivity contribution is 0.0217. The smallest absolute Gasteiger partial charge is 0.251 e. The number of piperidine rings is 3. The van der Waals surface area contributed by atoms with Crippen molar-refractivity contribution in [3.63, 3.8) is 0 Å². The average Bonchev–Trinajstić information content (AvgIpc) is 3.14. The summed E-state index contributed by atoms with van der Waals surface area (Å²) < 4.78 is 0.971. The molecule has 7 heteroatoms. The maximum atomic E-state index is 12.7. The standard InChI is InChI=1S/C20H23N3O2S2/c1-12-18(14-7-9-23(12)10-8-14)22-19(25)15-3-5-16(6-4-15)26-17-11-21-20(27-17)13(2)24/h3-6,11-12,14,18H,7-10H2,1-2H3,(H,22,25). The highest BCUT2D eigenvalue weighted by Gasteiger charge is 2.40. The van der Waals surface area contributed by atoms with Gasteiger partial charge in [-0.15, -0.1) is 11.3 Å². The van der Waals surface area contributed by atoms with Gasteiger partial charge in [-0.2, -0.15) is 0 Å². The zero-order chi connectivity index (χ0) is 19.0. The molecule has 1 amide bonds. The van der Waals surface area contributed by atoms with E-state index in [2.05, 4.69) is 22.1 Å². The van der Waals surface area contributed by atoms with Gasteiger partial charge in [0.1, 0.15) is 0 Å². The first kappa shape index (κ1) is 18.7. The number of aromatic nitrogens is 1. The largest absolute Gasteiger partial charge is 0.347 e. The number of carbonyl (C=O) groups excluding carboxylic acids is 2. The molecule has 3 fully saturated rings. The van der Waals surface area contributed by atoms with E-state index < -0.39 is 0 Å². The Morgan fingerprint density at radius 1 is 1.22 bits per heavy atom. The van der Waals surface area contributed by atoms with E-state index in [0.717, 1.165) is 22.2 Å². The van der Waals surface area contributed by atoms with Gasteiger partial charge in [-0.1, -0.05) is 11.8 Å². The van der Waals surface area contributed by atoms with Crippen molar-refractivity contribution >= 4 is 34.8 Å². The Bertz CT molecular complexity index is 839. The number of amides is 1. The normalized spacial score (nSPS) is 26.7. The Morgan fingerprint density at radius 3 is 2.52 bits per heavy atom. The van der Waals surface area contributed by atoms with Crippen LogP contribution >= 0.6 is 23.1 Å². The van der Waals surface area contributed by atoms with Crippen molar-refractivity contribution in [3.8, 4) is 0 Å². The molecule has 5 rings (SSSR count). The number of thiazole rings is 1. The number of Topliss-reactive ketones (excluding diaryl/α,β-unsaturated/α-hetero) is 1. The van der Waals surface area contributed by atoms with Crippen LogP contribution in [0.5, 0.6) is 0 Å². The van der Waals surface area contributed by atoms with Gasteiger partial charge in [0.2, 0.25) is 0 Å². The van der Waals surface area contributed by atoms with Gasteiger partial charge >= 0.3 is 0 Å². The minimum atomic E-state index is -0.0131. The predicted octanol–water partition coefficient (Wildman–Crippen LogP) is 3.71. The van der Waals surface area contributed by atoms with Gasteiger partial charge in [0.15, 0.2) is 10.8 Å². The van der Waals surface area contributed by atoms with Gasteiger partial charge in [0.25, 0.3) is 5.91 Å². The summed E-state index contributed by atoms with van der Waals surface area (Å²) in [5, 5.41) is 3.80. The van der Waals surface area contributed by atoms with Gasteiger partial charge in [0, 0.05) is 29.5 Å². The summed E-state index contributed by atoms with van der Waals surface area (Å²) >= 11 is 2.95. The van der Waals surface area contributed by atoms with Crippen LogP contribution in [0, 0.1) is 5.92 Å². The molecule has 1 aromatic carbocycles. The Labute approximate surface area is 167 Å². The Balaban J connectivity index is 1.39. The van der Waals surface area contributed by atoms with Gasteiger partial charge < -0.3 is 5.32 Å². The lowest BCUT2D eigenvalue weighted by atomic mass is 9.79. The van der Waals surface area contributed by atoms with E-state index in [1.165, 1.54) is 31.1 Å². The molecule has 3 aliphatic rings. The number of hydrogen-bond donors (Lipinski definition) is 1. The Morgan fingerprint density at radius 2 is 1.93 bits per heavy atom. The number of hydrogen-bond acceptors (Lipinski definition) is 6. The Hall–Kier alpha value is -1.70. The third kappa shape index (κ3) is 3.95. The molecular weight excluding hydrogens is 378 g/mol. The molecule has 3 saturated heterocycles. The second kappa shape index (κ2) is 7.73. The minimum Gasteiger partial charge on any atom is -0.347 e. The molecule has 0 spiro atoms. The molecule has 5 nitrogen and oxygen atoms in total. The second-order valence-corrected chi connectivity index (χ2v) is 9.68. The Kier molecular flexibility index (Phi) is 5.34. The summed E-state index contributed by atoms with van der Waals surface area (Å²) in [6.07, 6.45) is 4.09. The molecule has 142 valence electrons. The summed E-state index contributed by atoms with van der Waals surface area (Å²) in [6, 6.07) is 8.31. The van der Waals surface area contributed by atoms with Crippen LogP contribution in [0.3, 0.4) is 0 Å². The van der Waals surface area contributed by atoms with Gasteiger partial charge in [-0.3, -0.25) is 14.5 Å². The van der Waals surface area contributed by atoms with E-state index in [0.29, 0.717) is 22.5 Å². The lowest BCUT2D eigenvalue weighted by Crippen LogP contribution is -2.62. The molecule has 27 heavy (non-hydrogen) atoms. The third-order valence-corrected chi connectivity index (χ3v) is 7.80. The van der Waals surface area contributed by atoms with Crippen molar-refractivity contribution in [2.75, 3.05) is 13.1 Å². The monoisotopic (exact) mass is 401 g/mol. The molecule has 0 radical (unpaired) electrons. The molecule has 0 aliphatic carbocycles. The van der Waals surface area contributed by atoms with E-state index in [9.17, 15) is 9.59 Å². The number of fused-ring (bicyclic) bond motifs is 3. The number of ketones is 1. The zero-order valence-electron chi connectivity index (χ0n) is 15.5. The molecule has 4 heterocycles. The molecule has 2 aromatic rings. The summed E-state index contributed by atoms with van der Waals surface area (Å²) in [5.74, 6) is 0.597. The first-order valence-electron chi connectivity index (χ1n) is 9.31. The van der Waals surface area contributed by atoms with Gasteiger partial charge in [0.05, 0.1) is 10.4 Å². The van der Waals surface area contributed by atoms with E-state index >= 15 is 0 Å². The predicted molar refractivity (Wildman–Crippen MR) is 108 cm³/mol. The van der Waals surface area contributed by atoms with Crippen molar-refractivity contribution in [1.82, 2.24) is 15.2 Å². The second-order valence-electron chi connectivity index (χ2n) is 7.28. The number of nitrogens with one attached hydrogen (secondary N) is 1. The zero-order valence-corrected chi connectivity index (χ0v) is 17.1. The fourth-order valence-electron chi connectivity index (χ4n) is 4.04. The van der Waals surface area contributed by atoms with Crippen LogP contribution in [-0.4, -0.2) is 46.7 Å². The topological polar surface area (TPSA) is 62.3 Å². The van der Waals surface area contributed by atoms with Crippen molar-refractivity contribution in [2.24, 2.45) is 5.92 Å². The molecule has 2 atom stereocenters. The first-order chi connectivity index (χ1) is 13.0. The van der Waals surface area contributed by atoms with Gasteiger partial charge in [-0.25, -0.2) is 4.98 Å². The molecule has 3 aliphatic heterocycles. The van der Waals surface area contributed by atoms with Crippen LogP contribution in [0.1, 0.15) is 46.8 Å². The van der Waals surface area contributed by atoms with Crippen LogP contribution in [0.2, 0.25) is 0 Å². The van der Waals surface area contributed by atoms with E-state index in [1.54, 1.807) is 18.0 Å². The fraction of sp³-hybridized carbons (Fsp3) is 0.450. The highest BCUT2D eigenvalue weighted by molar-refractivity contribution is 8.01. The number of rotatable bonds is 5. The van der Waals surface area contributed by atoms with Crippen LogP contribution in [0.25, 0.3) is 0 Å². The van der Waals surface area contributed by atoms with E-state index in [-0.39, 0.29) is 17.7 Å². The molecule has 0 saturated carbocycles. The summed E-state index contributed by atoms with van der Waals surface area (Å²) in [6.45, 7) is 6.07. The highest BCUT2D eigenvalue weighted by atomic mass is 32.2. The van der Waals surface area contributed by atoms with Crippen LogP contribution in [0.15, 0.2) is 39.6 Å². The summed E-state index contributed by atoms with van der Waals surface area (Å²) in [5.41, 5.74) is 0.691. The maximum Gasteiger partial charge on any atom is 0.251 e. The maximum absolute atomic E-state index is 12.7. The third-order valence-electron chi connectivity index (χ3n) is 5.60. The van der Waals surface area contributed by atoms with E-state index in [4.69, 9.17) is 0 Å². The average molecular weight is 402 g/mol. The molecule has 2 bridgehead atoms. The first-order valence-corrected chi connectivity index (χ1v) is 10.9. The molecule has 1 N–H and O–H groups in total.